The van der Waals surface area contributed by atoms with E-state index in [0.29, 0.717) is 12.3 Å². The van der Waals surface area contributed by atoms with Crippen molar-refractivity contribution in [2.75, 3.05) is 12.9 Å². The zero-order valence-corrected chi connectivity index (χ0v) is 14.3. The van der Waals surface area contributed by atoms with E-state index < -0.39 is 5.97 Å². The molecule has 0 unspecified atom stereocenters. The molecule has 2 rings (SSSR count). The summed E-state index contributed by atoms with van der Waals surface area (Å²) < 4.78 is 5.63. The van der Waals surface area contributed by atoms with Crippen LogP contribution in [0.1, 0.15) is 28.5 Å². The number of hydrogen-bond acceptors (Lipinski definition) is 4. The van der Waals surface area contributed by atoms with Crippen molar-refractivity contribution in [3.05, 3.63) is 70.4 Å². The van der Waals surface area contributed by atoms with Crippen LogP contribution in [0, 0.1) is 11.8 Å². The number of aromatic nitrogens is 1. The predicted molar refractivity (Wildman–Crippen MR) is 96.4 cm³/mol. The summed E-state index contributed by atoms with van der Waals surface area (Å²) in [6.07, 6.45) is 5.36. The second-order valence-corrected chi connectivity index (χ2v) is 5.89. The third-order valence-electron chi connectivity index (χ3n) is 3.14. The molecule has 1 aromatic heterocycles. The van der Waals surface area contributed by atoms with E-state index in [4.69, 9.17) is 9.84 Å². The molecule has 0 radical (unpaired) electrons. The summed E-state index contributed by atoms with van der Waals surface area (Å²) in [7, 11) is 0. The molecule has 5 heteroatoms. The maximum atomic E-state index is 10.8. The number of thioether (sulfide) groups is 1. The molecule has 1 aromatic carbocycles. The standard InChI is InChI=1S/C19H17NO3S/c1-14(24-2)11-12-23-18-9-4-15(5-10-18)3-7-17-8-6-16(13-20-17)19(21)22/h4-6,8-11,13H,12H2,1-2H3,(H,21,22)/b14-11+. The van der Waals surface area contributed by atoms with E-state index in [0.717, 1.165) is 11.3 Å². The van der Waals surface area contributed by atoms with Gasteiger partial charge in [-0.1, -0.05) is 5.92 Å². The molecular formula is C19H17NO3S. The summed E-state index contributed by atoms with van der Waals surface area (Å²) >= 11 is 1.69. The van der Waals surface area contributed by atoms with Crippen molar-refractivity contribution in [3.63, 3.8) is 0 Å². The van der Waals surface area contributed by atoms with Gasteiger partial charge in [-0.2, -0.15) is 0 Å². The lowest BCUT2D eigenvalue weighted by atomic mass is 10.2. The number of nitrogens with zero attached hydrogens (tertiary/aromatic N) is 1. The van der Waals surface area contributed by atoms with Gasteiger partial charge in [0.2, 0.25) is 0 Å². The Labute approximate surface area is 145 Å². The molecule has 0 atom stereocenters. The van der Waals surface area contributed by atoms with Gasteiger partial charge in [0.1, 0.15) is 18.1 Å². The van der Waals surface area contributed by atoms with E-state index in [1.807, 2.05) is 43.5 Å². The van der Waals surface area contributed by atoms with Crippen LogP contribution < -0.4 is 4.74 Å². The first kappa shape index (κ1) is 17.6. The number of rotatable bonds is 5. The van der Waals surface area contributed by atoms with Crippen molar-refractivity contribution in [2.45, 2.75) is 6.92 Å². The van der Waals surface area contributed by atoms with Gasteiger partial charge < -0.3 is 9.84 Å². The first-order chi connectivity index (χ1) is 11.6. The Bertz CT molecular complexity index is 784. The lowest BCUT2D eigenvalue weighted by Gasteiger charge is -2.03. The highest BCUT2D eigenvalue weighted by Crippen LogP contribution is 2.13. The van der Waals surface area contributed by atoms with Crippen molar-refractivity contribution in [1.82, 2.24) is 4.98 Å². The van der Waals surface area contributed by atoms with Gasteiger partial charge in [-0.3, -0.25) is 0 Å². The van der Waals surface area contributed by atoms with Gasteiger partial charge in [0, 0.05) is 11.8 Å². The highest BCUT2D eigenvalue weighted by molar-refractivity contribution is 8.02. The van der Waals surface area contributed by atoms with Crippen molar-refractivity contribution in [3.8, 4) is 17.6 Å². The summed E-state index contributed by atoms with van der Waals surface area (Å²) in [5, 5.41) is 8.82. The number of carboxylic acids is 1. The third-order valence-corrected chi connectivity index (χ3v) is 3.95. The number of ether oxygens (including phenoxy) is 1. The summed E-state index contributed by atoms with van der Waals surface area (Å²) in [5.74, 6) is 5.68. The number of hydrogen-bond donors (Lipinski definition) is 1. The molecule has 0 bridgehead atoms. The quantitative estimate of drug-likeness (QED) is 0.839. The van der Waals surface area contributed by atoms with E-state index in [1.165, 1.54) is 17.2 Å². The molecule has 0 saturated heterocycles. The van der Waals surface area contributed by atoms with Gasteiger partial charge in [-0.15, -0.1) is 11.8 Å². The monoisotopic (exact) mass is 339 g/mol. The highest BCUT2D eigenvalue weighted by Gasteiger charge is 2.01. The molecule has 0 amide bonds. The third kappa shape index (κ3) is 5.49. The fourth-order valence-electron chi connectivity index (χ4n) is 1.70. The van der Waals surface area contributed by atoms with Crippen LogP contribution in [0.2, 0.25) is 0 Å². The first-order valence-corrected chi connectivity index (χ1v) is 8.46. The molecule has 1 N–H and O–H groups in total. The zero-order valence-electron chi connectivity index (χ0n) is 13.4. The average molecular weight is 339 g/mol. The van der Waals surface area contributed by atoms with Gasteiger partial charge in [0.05, 0.1) is 5.56 Å². The maximum Gasteiger partial charge on any atom is 0.337 e. The number of carboxylic acid groups (broad SMARTS) is 1. The predicted octanol–water partition coefficient (Wildman–Crippen LogP) is 3.83. The van der Waals surface area contributed by atoms with Crippen LogP contribution in [-0.2, 0) is 0 Å². The fraction of sp³-hybridized carbons (Fsp3) is 0.158. The summed E-state index contributed by atoms with van der Waals surface area (Å²) in [4.78, 5) is 16.0. The van der Waals surface area contributed by atoms with Crippen molar-refractivity contribution in [2.24, 2.45) is 0 Å². The zero-order chi connectivity index (χ0) is 17.4. The van der Waals surface area contributed by atoms with Gasteiger partial charge in [-0.25, -0.2) is 9.78 Å². The normalized spacial score (nSPS) is 10.7. The van der Waals surface area contributed by atoms with E-state index in [-0.39, 0.29) is 5.56 Å². The number of benzene rings is 1. The molecule has 4 nitrogen and oxygen atoms in total. The Balaban J connectivity index is 1.98. The second-order valence-electron chi connectivity index (χ2n) is 4.84. The fourth-order valence-corrected chi connectivity index (χ4v) is 1.94. The van der Waals surface area contributed by atoms with E-state index in [9.17, 15) is 4.79 Å². The number of aromatic carboxylic acids is 1. The number of pyridine rings is 1. The molecule has 24 heavy (non-hydrogen) atoms. The van der Waals surface area contributed by atoms with Gasteiger partial charge >= 0.3 is 5.97 Å². The van der Waals surface area contributed by atoms with Crippen LogP contribution in [-0.4, -0.2) is 28.9 Å². The molecule has 1 heterocycles. The van der Waals surface area contributed by atoms with E-state index in [1.54, 1.807) is 17.8 Å². The largest absolute Gasteiger partial charge is 0.490 e. The Morgan fingerprint density at radius 1 is 1.25 bits per heavy atom. The molecule has 0 spiro atoms. The Morgan fingerprint density at radius 2 is 2.00 bits per heavy atom. The molecule has 0 aliphatic heterocycles. The molecular weight excluding hydrogens is 322 g/mol. The van der Waals surface area contributed by atoms with Crippen LogP contribution in [0.3, 0.4) is 0 Å². The molecule has 0 fully saturated rings. The molecule has 0 saturated carbocycles. The van der Waals surface area contributed by atoms with Gasteiger partial charge in [0.15, 0.2) is 0 Å². The van der Waals surface area contributed by atoms with Crippen molar-refractivity contribution < 1.29 is 14.6 Å². The van der Waals surface area contributed by atoms with Crippen LogP contribution in [0.4, 0.5) is 0 Å². The molecule has 0 aliphatic carbocycles. The molecule has 0 aliphatic rings. The Hall–Kier alpha value is -2.71. The summed E-state index contributed by atoms with van der Waals surface area (Å²) in [6.45, 7) is 2.58. The minimum atomic E-state index is -1.000. The van der Waals surface area contributed by atoms with Crippen LogP contribution >= 0.6 is 11.8 Å². The van der Waals surface area contributed by atoms with Crippen molar-refractivity contribution >= 4 is 17.7 Å². The Kier molecular flexibility index (Phi) is 6.47. The second kappa shape index (κ2) is 8.80. The number of allylic oxidation sites excluding steroid dienone is 1. The topological polar surface area (TPSA) is 59.4 Å². The molecule has 122 valence electrons. The van der Waals surface area contributed by atoms with Gasteiger partial charge in [0.25, 0.3) is 0 Å². The summed E-state index contributed by atoms with van der Waals surface area (Å²) in [5.41, 5.74) is 1.51. The lowest BCUT2D eigenvalue weighted by Crippen LogP contribution is -1.97. The smallest absolute Gasteiger partial charge is 0.337 e. The van der Waals surface area contributed by atoms with E-state index in [2.05, 4.69) is 16.8 Å². The Morgan fingerprint density at radius 3 is 2.58 bits per heavy atom. The maximum absolute atomic E-state index is 10.8. The van der Waals surface area contributed by atoms with E-state index >= 15 is 0 Å². The van der Waals surface area contributed by atoms with Crippen LogP contribution in [0.15, 0.2) is 53.6 Å². The lowest BCUT2D eigenvalue weighted by molar-refractivity contribution is 0.0696. The highest BCUT2D eigenvalue weighted by atomic mass is 32.2. The summed E-state index contributed by atoms with van der Waals surface area (Å²) in [6, 6.07) is 10.6. The van der Waals surface area contributed by atoms with Crippen LogP contribution in [0.5, 0.6) is 5.75 Å². The van der Waals surface area contributed by atoms with Gasteiger partial charge in [-0.05, 0) is 66.5 Å². The van der Waals surface area contributed by atoms with Crippen LogP contribution in [0.25, 0.3) is 0 Å². The van der Waals surface area contributed by atoms with Crippen molar-refractivity contribution in [1.29, 1.82) is 0 Å². The average Bonchev–Trinajstić information content (AvgIpc) is 2.61. The minimum Gasteiger partial charge on any atom is -0.490 e. The molecule has 2 aromatic rings. The number of carbonyl (C=O) groups is 1. The SMILES string of the molecule is CS/C(C)=C/COc1ccc(C#Cc2ccc(C(=O)O)cn2)cc1. The first-order valence-electron chi connectivity index (χ1n) is 7.23. The minimum absolute atomic E-state index is 0.146.